The van der Waals surface area contributed by atoms with Gasteiger partial charge in [-0.1, -0.05) is 29.8 Å². The number of nitrogens with zero attached hydrogens (tertiary/aromatic N) is 2. The average molecular weight is 261 g/mol. The molecular formula is C14H19N3O2. The topological polar surface area (TPSA) is 74.2 Å². The summed E-state index contributed by atoms with van der Waals surface area (Å²) < 4.78 is 10.8. The maximum absolute atomic E-state index is 5.70. The molecule has 1 aromatic heterocycles. The molecule has 0 saturated heterocycles. The molecule has 0 spiro atoms. The van der Waals surface area contributed by atoms with Crippen molar-refractivity contribution >= 4 is 0 Å². The molecule has 0 saturated carbocycles. The van der Waals surface area contributed by atoms with E-state index in [1.807, 2.05) is 25.1 Å². The molecule has 5 nitrogen and oxygen atoms in total. The third kappa shape index (κ3) is 3.54. The van der Waals surface area contributed by atoms with Crippen molar-refractivity contribution in [2.45, 2.75) is 39.8 Å². The molecule has 5 heteroatoms. The molecule has 2 aromatic rings. The minimum absolute atomic E-state index is 0.295. The van der Waals surface area contributed by atoms with Gasteiger partial charge in [0.2, 0.25) is 11.7 Å². The maximum atomic E-state index is 5.70. The normalized spacial score (nSPS) is 10.7. The lowest BCUT2D eigenvalue weighted by atomic mass is 10.1. The Balaban J connectivity index is 2.01. The SMILES string of the molecule is CCCc1nc(COc2ccc(C)cc2CN)no1. The van der Waals surface area contributed by atoms with Crippen molar-refractivity contribution < 1.29 is 9.26 Å². The highest BCUT2D eigenvalue weighted by Gasteiger charge is 2.08. The van der Waals surface area contributed by atoms with E-state index in [4.69, 9.17) is 15.0 Å². The highest BCUT2D eigenvalue weighted by atomic mass is 16.5. The number of benzene rings is 1. The van der Waals surface area contributed by atoms with Gasteiger partial charge in [-0.15, -0.1) is 0 Å². The van der Waals surface area contributed by atoms with E-state index in [0.717, 1.165) is 29.7 Å². The number of aryl methyl sites for hydroxylation is 2. The van der Waals surface area contributed by atoms with E-state index in [-0.39, 0.29) is 0 Å². The van der Waals surface area contributed by atoms with Crippen molar-refractivity contribution in [1.29, 1.82) is 0 Å². The Morgan fingerprint density at radius 1 is 1.37 bits per heavy atom. The zero-order valence-electron chi connectivity index (χ0n) is 11.3. The van der Waals surface area contributed by atoms with E-state index in [9.17, 15) is 0 Å². The Morgan fingerprint density at radius 3 is 2.95 bits per heavy atom. The molecule has 0 fully saturated rings. The molecule has 1 heterocycles. The highest BCUT2D eigenvalue weighted by molar-refractivity contribution is 5.36. The van der Waals surface area contributed by atoms with Crippen molar-refractivity contribution in [2.24, 2.45) is 5.73 Å². The average Bonchev–Trinajstić information content (AvgIpc) is 2.85. The minimum Gasteiger partial charge on any atom is -0.485 e. The van der Waals surface area contributed by atoms with Crippen LogP contribution in [0.3, 0.4) is 0 Å². The van der Waals surface area contributed by atoms with Gasteiger partial charge in [-0.25, -0.2) is 0 Å². The Kier molecular flexibility index (Phi) is 4.52. The molecule has 0 aliphatic heterocycles. The Labute approximate surface area is 112 Å². The van der Waals surface area contributed by atoms with E-state index in [2.05, 4.69) is 17.1 Å². The van der Waals surface area contributed by atoms with Gasteiger partial charge in [-0.3, -0.25) is 0 Å². The molecule has 0 bridgehead atoms. The van der Waals surface area contributed by atoms with Gasteiger partial charge >= 0.3 is 0 Å². The van der Waals surface area contributed by atoms with Crippen LogP contribution in [0.5, 0.6) is 5.75 Å². The quantitative estimate of drug-likeness (QED) is 0.864. The van der Waals surface area contributed by atoms with Crippen molar-refractivity contribution in [2.75, 3.05) is 0 Å². The van der Waals surface area contributed by atoms with Crippen LogP contribution >= 0.6 is 0 Å². The minimum atomic E-state index is 0.295. The Bertz CT molecular complexity index is 537. The van der Waals surface area contributed by atoms with Gasteiger partial charge in [0.25, 0.3) is 0 Å². The molecule has 0 amide bonds. The molecule has 0 aliphatic rings. The van der Waals surface area contributed by atoms with Crippen LogP contribution in [0.15, 0.2) is 22.7 Å². The van der Waals surface area contributed by atoms with Crippen LogP contribution in [-0.4, -0.2) is 10.1 Å². The second-order valence-electron chi connectivity index (χ2n) is 4.46. The first-order chi connectivity index (χ1) is 9.22. The second kappa shape index (κ2) is 6.33. The van der Waals surface area contributed by atoms with Gasteiger partial charge in [-0.2, -0.15) is 4.98 Å². The van der Waals surface area contributed by atoms with Gasteiger partial charge in [0, 0.05) is 18.5 Å². The molecule has 102 valence electrons. The summed E-state index contributed by atoms with van der Waals surface area (Å²) in [6, 6.07) is 5.94. The van der Waals surface area contributed by atoms with E-state index in [1.54, 1.807) is 0 Å². The number of rotatable bonds is 6. The molecule has 1 aromatic carbocycles. The molecule has 0 radical (unpaired) electrons. The second-order valence-corrected chi connectivity index (χ2v) is 4.46. The van der Waals surface area contributed by atoms with E-state index >= 15 is 0 Å². The molecular weight excluding hydrogens is 242 g/mol. The van der Waals surface area contributed by atoms with Crippen LogP contribution in [0, 0.1) is 6.92 Å². The Hall–Kier alpha value is -1.88. The Morgan fingerprint density at radius 2 is 2.21 bits per heavy atom. The van der Waals surface area contributed by atoms with Crippen molar-refractivity contribution in [1.82, 2.24) is 10.1 Å². The van der Waals surface area contributed by atoms with Gasteiger partial charge in [0.15, 0.2) is 6.61 Å². The summed E-state index contributed by atoms with van der Waals surface area (Å²) in [4.78, 5) is 4.25. The number of aromatic nitrogens is 2. The van der Waals surface area contributed by atoms with E-state index in [1.165, 1.54) is 0 Å². The smallest absolute Gasteiger partial charge is 0.226 e. The summed E-state index contributed by atoms with van der Waals surface area (Å²) >= 11 is 0. The zero-order chi connectivity index (χ0) is 13.7. The van der Waals surface area contributed by atoms with Crippen LogP contribution in [0.1, 0.15) is 36.2 Å². The first kappa shape index (κ1) is 13.5. The fourth-order valence-electron chi connectivity index (χ4n) is 1.82. The predicted octanol–water partition coefficient (Wildman–Crippen LogP) is 2.37. The summed E-state index contributed by atoms with van der Waals surface area (Å²) in [6.45, 7) is 4.84. The van der Waals surface area contributed by atoms with Crippen LogP contribution in [0.4, 0.5) is 0 Å². The third-order valence-corrected chi connectivity index (χ3v) is 2.77. The largest absolute Gasteiger partial charge is 0.485 e. The summed E-state index contributed by atoms with van der Waals surface area (Å²) in [6.07, 6.45) is 1.78. The lowest BCUT2D eigenvalue weighted by molar-refractivity contribution is 0.282. The fourth-order valence-corrected chi connectivity index (χ4v) is 1.82. The number of hydrogen-bond donors (Lipinski definition) is 1. The standard InChI is InChI=1S/C14H19N3O2/c1-3-4-14-16-13(17-19-14)9-18-12-6-5-10(2)7-11(12)8-15/h5-7H,3-4,8-9,15H2,1-2H3. The number of nitrogens with two attached hydrogens (primary N) is 1. The van der Waals surface area contributed by atoms with Crippen LogP contribution in [-0.2, 0) is 19.6 Å². The lowest BCUT2D eigenvalue weighted by Crippen LogP contribution is -2.04. The molecule has 2 rings (SSSR count). The molecule has 0 atom stereocenters. The van der Waals surface area contributed by atoms with Crippen LogP contribution < -0.4 is 10.5 Å². The van der Waals surface area contributed by atoms with Gasteiger partial charge < -0.3 is 15.0 Å². The molecule has 2 N–H and O–H groups in total. The van der Waals surface area contributed by atoms with Crippen molar-refractivity contribution in [3.8, 4) is 5.75 Å². The number of hydrogen-bond acceptors (Lipinski definition) is 5. The predicted molar refractivity (Wildman–Crippen MR) is 71.7 cm³/mol. The summed E-state index contributed by atoms with van der Waals surface area (Å²) in [7, 11) is 0. The van der Waals surface area contributed by atoms with Crippen LogP contribution in [0.2, 0.25) is 0 Å². The molecule has 0 aliphatic carbocycles. The molecule has 19 heavy (non-hydrogen) atoms. The summed E-state index contributed by atoms with van der Waals surface area (Å²) in [5.41, 5.74) is 7.85. The maximum Gasteiger partial charge on any atom is 0.226 e. The summed E-state index contributed by atoms with van der Waals surface area (Å²) in [5.74, 6) is 1.99. The summed E-state index contributed by atoms with van der Waals surface area (Å²) in [5, 5.41) is 3.88. The lowest BCUT2D eigenvalue weighted by Gasteiger charge is -2.09. The van der Waals surface area contributed by atoms with E-state index < -0.39 is 0 Å². The molecule has 0 unspecified atom stereocenters. The van der Waals surface area contributed by atoms with Crippen LogP contribution in [0.25, 0.3) is 0 Å². The van der Waals surface area contributed by atoms with Gasteiger partial charge in [0.1, 0.15) is 5.75 Å². The van der Waals surface area contributed by atoms with Crippen molar-refractivity contribution in [3.05, 3.63) is 41.0 Å². The zero-order valence-corrected chi connectivity index (χ0v) is 11.3. The first-order valence-corrected chi connectivity index (χ1v) is 6.46. The first-order valence-electron chi connectivity index (χ1n) is 6.46. The highest BCUT2D eigenvalue weighted by Crippen LogP contribution is 2.20. The number of ether oxygens (including phenoxy) is 1. The van der Waals surface area contributed by atoms with Gasteiger partial charge in [-0.05, 0) is 19.4 Å². The van der Waals surface area contributed by atoms with E-state index in [0.29, 0.717) is 24.9 Å². The monoisotopic (exact) mass is 261 g/mol. The van der Waals surface area contributed by atoms with Crippen molar-refractivity contribution in [3.63, 3.8) is 0 Å². The fraction of sp³-hybridized carbons (Fsp3) is 0.429. The third-order valence-electron chi connectivity index (χ3n) is 2.77. The van der Waals surface area contributed by atoms with Gasteiger partial charge in [0.05, 0.1) is 0 Å².